The van der Waals surface area contributed by atoms with E-state index in [0.717, 1.165) is 9.26 Å². The second-order valence-corrected chi connectivity index (χ2v) is 5.58. The summed E-state index contributed by atoms with van der Waals surface area (Å²) in [4.78, 5) is 23.8. The molecule has 0 heterocycles. The number of anilines is 1. The van der Waals surface area contributed by atoms with Crippen molar-refractivity contribution in [3.8, 4) is 0 Å². The van der Waals surface area contributed by atoms with E-state index in [9.17, 15) is 14.9 Å². The Morgan fingerprint density at radius 1 is 1.50 bits per heavy atom. The Balaban J connectivity index is 3.03. The molecule has 110 valence electrons. The topological polar surface area (TPSA) is 72.7 Å². The van der Waals surface area contributed by atoms with Crippen LogP contribution in [0, 0.1) is 13.7 Å². The first-order valence-corrected chi connectivity index (χ1v) is 7.30. The van der Waals surface area contributed by atoms with Crippen molar-refractivity contribution >= 4 is 39.9 Å². The number of nitrogens with zero attached hydrogens (tertiary/aromatic N) is 2. The average molecular weight is 392 g/mol. The molecule has 0 unspecified atom stereocenters. The summed E-state index contributed by atoms with van der Waals surface area (Å²) >= 11 is 2.04. The summed E-state index contributed by atoms with van der Waals surface area (Å²) in [6.07, 6.45) is 0. The molecule has 0 aliphatic heterocycles. The van der Waals surface area contributed by atoms with Crippen molar-refractivity contribution in [3.05, 3.63) is 31.9 Å². The lowest BCUT2D eigenvalue weighted by Gasteiger charge is -2.28. The number of carbonyl (C=O) groups is 1. The number of hydrogen-bond donors (Lipinski definition) is 0. The van der Waals surface area contributed by atoms with Crippen molar-refractivity contribution < 1.29 is 14.5 Å². The second-order valence-electron chi connectivity index (χ2n) is 4.42. The Labute approximate surface area is 131 Å². The van der Waals surface area contributed by atoms with Crippen molar-refractivity contribution in [1.82, 2.24) is 0 Å². The molecule has 0 N–H and O–H groups in total. The van der Waals surface area contributed by atoms with Crippen molar-refractivity contribution in [2.45, 2.75) is 26.8 Å². The lowest BCUT2D eigenvalue weighted by molar-refractivity contribution is -0.384. The van der Waals surface area contributed by atoms with Gasteiger partial charge >= 0.3 is 5.97 Å². The maximum atomic E-state index is 11.6. The van der Waals surface area contributed by atoms with Crippen LogP contribution in [-0.2, 0) is 9.53 Å². The van der Waals surface area contributed by atoms with Crippen LogP contribution in [0.4, 0.5) is 11.4 Å². The molecular weight excluding hydrogens is 375 g/mol. The SMILES string of the molecule is CCOC(=O)CN(c1ccc([N+](=O)[O-])cc1I)C(C)C. The third-order valence-electron chi connectivity index (χ3n) is 2.68. The first-order valence-electron chi connectivity index (χ1n) is 6.23. The molecule has 0 atom stereocenters. The number of benzene rings is 1. The molecule has 0 aromatic heterocycles. The minimum absolute atomic E-state index is 0.0398. The van der Waals surface area contributed by atoms with E-state index in [-0.39, 0.29) is 24.2 Å². The number of hydrogen-bond acceptors (Lipinski definition) is 5. The zero-order chi connectivity index (χ0) is 15.3. The number of non-ortho nitro benzene ring substituents is 1. The van der Waals surface area contributed by atoms with Crippen LogP contribution < -0.4 is 4.90 Å². The standard InChI is InChI=1S/C13H17IN2O4/c1-4-20-13(17)8-15(9(2)3)12-6-5-10(16(18)19)7-11(12)14/h5-7,9H,4,8H2,1-3H3. The molecule has 1 aromatic rings. The summed E-state index contributed by atoms with van der Waals surface area (Å²) < 4.78 is 5.69. The minimum atomic E-state index is -0.434. The van der Waals surface area contributed by atoms with Gasteiger partial charge < -0.3 is 9.64 Å². The molecule has 0 saturated carbocycles. The third kappa shape index (κ3) is 4.32. The van der Waals surface area contributed by atoms with Gasteiger partial charge in [-0.2, -0.15) is 0 Å². The van der Waals surface area contributed by atoms with Crippen molar-refractivity contribution in [1.29, 1.82) is 0 Å². The Bertz CT molecular complexity index is 505. The van der Waals surface area contributed by atoms with E-state index in [1.165, 1.54) is 12.1 Å². The van der Waals surface area contributed by atoms with Crippen molar-refractivity contribution in [3.63, 3.8) is 0 Å². The summed E-state index contributed by atoms with van der Waals surface area (Å²) in [5.41, 5.74) is 0.831. The number of halogens is 1. The zero-order valence-electron chi connectivity index (χ0n) is 11.6. The number of nitro groups is 1. The van der Waals surface area contributed by atoms with Crippen LogP contribution in [0.25, 0.3) is 0 Å². The van der Waals surface area contributed by atoms with E-state index in [0.29, 0.717) is 6.61 Å². The number of esters is 1. The van der Waals surface area contributed by atoms with Crippen molar-refractivity contribution in [2.24, 2.45) is 0 Å². The summed E-state index contributed by atoms with van der Waals surface area (Å²) in [5, 5.41) is 10.7. The lowest BCUT2D eigenvalue weighted by Crippen LogP contribution is -2.37. The predicted octanol–water partition coefficient (Wildman–Crippen LogP) is 2.98. The molecule has 0 amide bonds. The van der Waals surface area contributed by atoms with Gasteiger partial charge in [0.1, 0.15) is 6.54 Å². The highest BCUT2D eigenvalue weighted by Gasteiger charge is 2.19. The average Bonchev–Trinajstić information content (AvgIpc) is 2.36. The van der Waals surface area contributed by atoms with Gasteiger partial charge in [-0.25, -0.2) is 0 Å². The van der Waals surface area contributed by atoms with E-state index < -0.39 is 4.92 Å². The lowest BCUT2D eigenvalue weighted by atomic mass is 10.2. The van der Waals surface area contributed by atoms with Crippen LogP contribution in [-0.4, -0.2) is 30.1 Å². The summed E-state index contributed by atoms with van der Waals surface area (Å²) in [7, 11) is 0. The Morgan fingerprint density at radius 2 is 2.15 bits per heavy atom. The maximum absolute atomic E-state index is 11.6. The van der Waals surface area contributed by atoms with Gasteiger partial charge in [0.15, 0.2) is 0 Å². The monoisotopic (exact) mass is 392 g/mol. The minimum Gasteiger partial charge on any atom is -0.465 e. The fraction of sp³-hybridized carbons (Fsp3) is 0.462. The number of rotatable bonds is 6. The fourth-order valence-electron chi connectivity index (χ4n) is 1.73. The molecule has 1 aromatic carbocycles. The van der Waals surface area contributed by atoms with Gasteiger partial charge in [0, 0.05) is 21.7 Å². The van der Waals surface area contributed by atoms with Crippen molar-refractivity contribution in [2.75, 3.05) is 18.1 Å². The molecular formula is C13H17IN2O4. The number of nitro benzene ring substituents is 1. The summed E-state index contributed by atoms with van der Waals surface area (Å²) in [6.45, 7) is 6.13. The maximum Gasteiger partial charge on any atom is 0.325 e. The van der Waals surface area contributed by atoms with Gasteiger partial charge in [-0.3, -0.25) is 14.9 Å². The number of carbonyl (C=O) groups excluding carboxylic acids is 1. The van der Waals surface area contributed by atoms with E-state index >= 15 is 0 Å². The van der Waals surface area contributed by atoms with Gasteiger partial charge in [0.2, 0.25) is 0 Å². The molecule has 6 nitrogen and oxygen atoms in total. The van der Waals surface area contributed by atoms with Gasteiger partial charge in [0.05, 0.1) is 17.2 Å². The normalized spacial score (nSPS) is 10.4. The highest BCUT2D eigenvalue weighted by Crippen LogP contribution is 2.28. The van der Waals surface area contributed by atoms with E-state index in [1.807, 2.05) is 41.3 Å². The zero-order valence-corrected chi connectivity index (χ0v) is 13.8. The van der Waals surface area contributed by atoms with Crippen LogP contribution in [0.15, 0.2) is 18.2 Å². The second kappa shape index (κ2) is 7.41. The van der Waals surface area contributed by atoms with Gasteiger partial charge in [0.25, 0.3) is 5.69 Å². The van der Waals surface area contributed by atoms with E-state index in [4.69, 9.17) is 4.74 Å². The van der Waals surface area contributed by atoms with Gasteiger partial charge in [-0.1, -0.05) is 0 Å². The van der Waals surface area contributed by atoms with Crippen LogP contribution in [0.2, 0.25) is 0 Å². The molecule has 7 heteroatoms. The molecule has 0 aliphatic rings. The summed E-state index contributed by atoms with van der Waals surface area (Å²) in [6, 6.07) is 4.68. The molecule has 0 fully saturated rings. The molecule has 0 radical (unpaired) electrons. The van der Waals surface area contributed by atoms with Crippen LogP contribution >= 0.6 is 22.6 Å². The Kier molecular flexibility index (Phi) is 6.18. The molecule has 0 aliphatic carbocycles. The largest absolute Gasteiger partial charge is 0.465 e. The first-order chi connectivity index (χ1) is 9.36. The number of ether oxygens (including phenoxy) is 1. The first kappa shape index (κ1) is 16.7. The fourth-order valence-corrected chi connectivity index (χ4v) is 2.54. The molecule has 0 bridgehead atoms. The molecule has 1 rings (SSSR count). The molecule has 0 saturated heterocycles. The summed E-state index contributed by atoms with van der Waals surface area (Å²) in [5.74, 6) is -0.310. The smallest absolute Gasteiger partial charge is 0.325 e. The van der Waals surface area contributed by atoms with Gasteiger partial charge in [-0.05, 0) is 49.4 Å². The van der Waals surface area contributed by atoms with Crippen LogP contribution in [0.1, 0.15) is 20.8 Å². The van der Waals surface area contributed by atoms with Crippen LogP contribution in [0.5, 0.6) is 0 Å². The van der Waals surface area contributed by atoms with Gasteiger partial charge in [-0.15, -0.1) is 0 Å². The highest BCUT2D eigenvalue weighted by molar-refractivity contribution is 14.1. The molecule has 20 heavy (non-hydrogen) atoms. The third-order valence-corrected chi connectivity index (χ3v) is 3.54. The van der Waals surface area contributed by atoms with Crippen LogP contribution in [0.3, 0.4) is 0 Å². The predicted molar refractivity (Wildman–Crippen MR) is 84.9 cm³/mol. The highest BCUT2D eigenvalue weighted by atomic mass is 127. The van der Waals surface area contributed by atoms with E-state index in [1.54, 1.807) is 13.0 Å². The Hall–Kier alpha value is -1.38. The van der Waals surface area contributed by atoms with E-state index in [2.05, 4.69) is 0 Å². The molecule has 0 spiro atoms. The quantitative estimate of drug-likeness (QED) is 0.322. The Morgan fingerprint density at radius 3 is 2.60 bits per heavy atom.